The second-order valence-electron chi connectivity index (χ2n) is 5.03. The molecule has 0 aliphatic carbocycles. The predicted molar refractivity (Wildman–Crippen MR) is 68.9 cm³/mol. The van der Waals surface area contributed by atoms with Gasteiger partial charge < -0.3 is 5.32 Å². The van der Waals surface area contributed by atoms with E-state index in [-0.39, 0.29) is 6.04 Å². The Hall–Kier alpha value is -1.58. The Morgan fingerprint density at radius 2 is 2.20 bits per heavy atom. The van der Waals surface area contributed by atoms with Crippen LogP contribution in [-0.2, 0) is 6.54 Å². The number of nitrogens with one attached hydrogen (secondary N) is 1. The molecule has 3 nitrogen and oxygen atoms in total. The Morgan fingerprint density at radius 3 is 2.90 bits per heavy atom. The maximum Gasteiger partial charge on any atom is 0.401 e. The first-order valence-corrected chi connectivity index (χ1v) is 6.48. The molecule has 108 valence electrons. The molecular weight excluding hydrogens is 267 g/mol. The summed E-state index contributed by atoms with van der Waals surface area (Å²) in [6.07, 6.45) is -3.41. The number of benzene rings is 1. The molecule has 1 aliphatic rings. The summed E-state index contributed by atoms with van der Waals surface area (Å²) >= 11 is 0. The van der Waals surface area contributed by atoms with E-state index in [1.165, 1.54) is 4.90 Å². The number of hydrogen-bond acceptors (Lipinski definition) is 3. The fraction of sp³-hybridized carbons (Fsp3) is 0.500. The molecule has 1 aromatic rings. The molecule has 1 aliphatic heterocycles. The fourth-order valence-corrected chi connectivity index (χ4v) is 2.41. The Labute approximate surface area is 116 Å². The van der Waals surface area contributed by atoms with E-state index in [1.54, 1.807) is 18.2 Å². The third-order valence-corrected chi connectivity index (χ3v) is 3.33. The van der Waals surface area contributed by atoms with Crippen LogP contribution in [0.1, 0.15) is 17.5 Å². The molecule has 0 amide bonds. The summed E-state index contributed by atoms with van der Waals surface area (Å²) in [6.45, 7) is 0.613. The molecule has 0 radical (unpaired) electrons. The van der Waals surface area contributed by atoms with Crippen molar-refractivity contribution in [3.05, 3.63) is 35.4 Å². The Balaban J connectivity index is 1.79. The molecule has 0 aromatic heterocycles. The summed E-state index contributed by atoms with van der Waals surface area (Å²) in [6, 6.07) is 9.36. The van der Waals surface area contributed by atoms with E-state index in [9.17, 15) is 13.2 Å². The second-order valence-corrected chi connectivity index (χ2v) is 5.03. The van der Waals surface area contributed by atoms with E-state index in [0.717, 1.165) is 5.56 Å². The highest BCUT2D eigenvalue weighted by Gasteiger charge is 2.34. The molecule has 1 saturated heterocycles. The van der Waals surface area contributed by atoms with Crippen molar-refractivity contribution in [1.29, 1.82) is 5.26 Å². The topological polar surface area (TPSA) is 39.1 Å². The van der Waals surface area contributed by atoms with Gasteiger partial charge in [-0.25, -0.2) is 0 Å². The number of hydrogen-bond donors (Lipinski definition) is 1. The van der Waals surface area contributed by atoms with E-state index < -0.39 is 12.7 Å². The molecule has 0 bridgehead atoms. The third-order valence-electron chi connectivity index (χ3n) is 3.33. The lowest BCUT2D eigenvalue weighted by Gasteiger charge is -2.18. The highest BCUT2D eigenvalue weighted by Crippen LogP contribution is 2.20. The minimum absolute atomic E-state index is 0.0723. The molecule has 0 saturated carbocycles. The molecule has 1 atom stereocenters. The highest BCUT2D eigenvalue weighted by molar-refractivity contribution is 5.32. The van der Waals surface area contributed by atoms with Gasteiger partial charge in [-0.3, -0.25) is 4.90 Å². The van der Waals surface area contributed by atoms with Gasteiger partial charge in [0.1, 0.15) is 0 Å². The number of nitrogens with zero attached hydrogens (tertiary/aromatic N) is 2. The molecular formula is C14H16F3N3. The standard InChI is InChI=1S/C14H16F3N3/c15-14(16,17)10-20-5-4-13(9-20)19-8-12-3-1-2-11(6-12)7-18/h1-3,6,13,19H,4-5,8-10H2. The molecule has 1 unspecified atom stereocenters. The van der Waals surface area contributed by atoms with E-state index >= 15 is 0 Å². The van der Waals surface area contributed by atoms with Gasteiger partial charge in [-0.2, -0.15) is 18.4 Å². The molecule has 0 spiro atoms. The molecule has 6 heteroatoms. The SMILES string of the molecule is N#Cc1cccc(CNC2CCN(CC(F)(F)F)C2)c1. The first kappa shape index (κ1) is 14.8. The van der Waals surface area contributed by atoms with Crippen LogP contribution in [0.4, 0.5) is 13.2 Å². The number of nitriles is 1. The smallest absolute Gasteiger partial charge is 0.309 e. The van der Waals surface area contributed by atoms with Crippen LogP contribution in [0.25, 0.3) is 0 Å². The zero-order valence-electron chi connectivity index (χ0n) is 11.0. The van der Waals surface area contributed by atoms with Gasteiger partial charge in [-0.15, -0.1) is 0 Å². The van der Waals surface area contributed by atoms with Crippen molar-refractivity contribution < 1.29 is 13.2 Å². The largest absolute Gasteiger partial charge is 0.401 e. The number of halogens is 3. The second kappa shape index (κ2) is 6.25. The van der Waals surface area contributed by atoms with E-state index in [2.05, 4.69) is 11.4 Å². The van der Waals surface area contributed by atoms with E-state index in [4.69, 9.17) is 5.26 Å². The zero-order valence-corrected chi connectivity index (χ0v) is 11.0. The van der Waals surface area contributed by atoms with Crippen molar-refractivity contribution in [2.75, 3.05) is 19.6 Å². The molecule has 20 heavy (non-hydrogen) atoms. The molecule has 1 aromatic carbocycles. The van der Waals surface area contributed by atoms with Crippen LogP contribution in [0.15, 0.2) is 24.3 Å². The van der Waals surface area contributed by atoms with Gasteiger partial charge in [0.15, 0.2) is 0 Å². The summed E-state index contributed by atoms with van der Waals surface area (Å²) in [5, 5.41) is 12.0. The predicted octanol–water partition coefficient (Wildman–Crippen LogP) is 2.28. The van der Waals surface area contributed by atoms with E-state index in [0.29, 0.717) is 31.6 Å². The van der Waals surface area contributed by atoms with Crippen LogP contribution < -0.4 is 5.32 Å². The third kappa shape index (κ3) is 4.51. The normalized spacial score (nSPS) is 20.0. The van der Waals surface area contributed by atoms with Crippen molar-refractivity contribution in [1.82, 2.24) is 10.2 Å². The first-order valence-electron chi connectivity index (χ1n) is 6.48. The maximum absolute atomic E-state index is 12.3. The van der Waals surface area contributed by atoms with Gasteiger partial charge in [0.25, 0.3) is 0 Å². The first-order chi connectivity index (χ1) is 9.46. The van der Waals surface area contributed by atoms with Gasteiger partial charge in [-0.05, 0) is 24.1 Å². The van der Waals surface area contributed by atoms with Gasteiger partial charge in [0.05, 0.1) is 18.2 Å². The Kier molecular flexibility index (Phi) is 4.63. The monoisotopic (exact) mass is 283 g/mol. The summed E-state index contributed by atoms with van der Waals surface area (Å²) in [5.41, 5.74) is 1.56. The zero-order chi connectivity index (χ0) is 14.6. The van der Waals surface area contributed by atoms with Crippen molar-refractivity contribution >= 4 is 0 Å². The minimum Gasteiger partial charge on any atom is -0.309 e. The molecule has 2 rings (SSSR count). The van der Waals surface area contributed by atoms with Gasteiger partial charge in [0, 0.05) is 25.7 Å². The Bertz CT molecular complexity index is 493. The van der Waals surface area contributed by atoms with Crippen LogP contribution in [0.2, 0.25) is 0 Å². The Morgan fingerprint density at radius 1 is 1.40 bits per heavy atom. The fourth-order valence-electron chi connectivity index (χ4n) is 2.41. The van der Waals surface area contributed by atoms with Gasteiger partial charge in [0.2, 0.25) is 0 Å². The van der Waals surface area contributed by atoms with Crippen LogP contribution in [0.5, 0.6) is 0 Å². The maximum atomic E-state index is 12.3. The molecule has 1 heterocycles. The highest BCUT2D eigenvalue weighted by atomic mass is 19.4. The van der Waals surface area contributed by atoms with Crippen LogP contribution >= 0.6 is 0 Å². The van der Waals surface area contributed by atoms with Crippen LogP contribution in [0, 0.1) is 11.3 Å². The summed E-state index contributed by atoms with van der Waals surface area (Å²) in [7, 11) is 0. The van der Waals surface area contributed by atoms with E-state index in [1.807, 2.05) is 6.07 Å². The van der Waals surface area contributed by atoms with Crippen molar-refractivity contribution in [3.63, 3.8) is 0 Å². The number of alkyl halides is 3. The van der Waals surface area contributed by atoms with Crippen molar-refractivity contribution in [2.45, 2.75) is 25.2 Å². The lowest BCUT2D eigenvalue weighted by atomic mass is 10.1. The van der Waals surface area contributed by atoms with Crippen LogP contribution in [0.3, 0.4) is 0 Å². The average Bonchev–Trinajstić information content (AvgIpc) is 2.82. The molecule has 1 N–H and O–H groups in total. The van der Waals surface area contributed by atoms with Crippen LogP contribution in [-0.4, -0.2) is 36.8 Å². The number of rotatable bonds is 4. The lowest BCUT2D eigenvalue weighted by Crippen LogP contribution is -2.36. The summed E-state index contributed by atoms with van der Waals surface area (Å²) in [5.74, 6) is 0. The lowest BCUT2D eigenvalue weighted by molar-refractivity contribution is -0.143. The summed E-state index contributed by atoms with van der Waals surface area (Å²) < 4.78 is 36.8. The minimum atomic E-state index is -4.13. The van der Waals surface area contributed by atoms with Gasteiger partial charge >= 0.3 is 6.18 Å². The number of likely N-dealkylation sites (tertiary alicyclic amines) is 1. The van der Waals surface area contributed by atoms with Crippen molar-refractivity contribution in [2.24, 2.45) is 0 Å². The summed E-state index contributed by atoms with van der Waals surface area (Å²) in [4.78, 5) is 1.42. The van der Waals surface area contributed by atoms with Gasteiger partial charge in [-0.1, -0.05) is 12.1 Å². The van der Waals surface area contributed by atoms with Crippen molar-refractivity contribution in [3.8, 4) is 6.07 Å². The average molecular weight is 283 g/mol. The quantitative estimate of drug-likeness (QED) is 0.921. The molecule has 1 fully saturated rings.